The van der Waals surface area contributed by atoms with Crippen LogP contribution in [0.4, 0.5) is 0 Å². The Kier molecular flexibility index (Phi) is 3.36. The number of aliphatic hydroxyl groups is 1. The molecule has 0 amide bonds. The molecule has 2 fully saturated rings. The molecule has 0 aliphatic heterocycles. The van der Waals surface area contributed by atoms with Crippen molar-refractivity contribution in [3.05, 3.63) is 28.8 Å². The fourth-order valence-electron chi connectivity index (χ4n) is 6.30. The SMILES string of the molecule is COc1cc(C)c2c(c1)CC[C@@H]1[C@@H]2CC[C@@]2(C)[C@@H]1CC[C@]2(C)O. The van der Waals surface area contributed by atoms with Gasteiger partial charge >= 0.3 is 0 Å². The Bertz CT molecular complexity index is 633. The minimum absolute atomic E-state index is 0.117. The van der Waals surface area contributed by atoms with Crippen LogP contribution in [0.5, 0.6) is 5.75 Å². The van der Waals surface area contributed by atoms with Gasteiger partial charge in [-0.2, -0.15) is 0 Å². The predicted molar refractivity (Wildman–Crippen MR) is 93.0 cm³/mol. The van der Waals surface area contributed by atoms with E-state index >= 15 is 0 Å². The number of fused-ring (bicyclic) bond motifs is 5. The van der Waals surface area contributed by atoms with Crippen LogP contribution in [0.25, 0.3) is 0 Å². The van der Waals surface area contributed by atoms with Crippen molar-refractivity contribution in [1.29, 1.82) is 0 Å². The molecule has 4 rings (SSSR count). The van der Waals surface area contributed by atoms with Crippen LogP contribution in [0, 0.1) is 24.2 Å². The lowest BCUT2D eigenvalue weighted by molar-refractivity contribution is -0.0902. The monoisotopic (exact) mass is 314 g/mol. The second-order valence-corrected chi connectivity index (χ2v) is 8.70. The van der Waals surface area contributed by atoms with E-state index in [4.69, 9.17) is 4.74 Å². The molecule has 1 aromatic rings. The van der Waals surface area contributed by atoms with E-state index in [-0.39, 0.29) is 5.41 Å². The molecule has 5 atom stereocenters. The number of hydrogen-bond donors (Lipinski definition) is 1. The smallest absolute Gasteiger partial charge is 0.119 e. The standard InChI is InChI=1S/C21H30O2/c1-13-11-15(23-4)12-14-5-6-16-17(19(13)14)7-9-20(2)18(16)8-10-21(20,3)22/h11-12,16-18,22H,5-10H2,1-4H3/t16-,17+,18-,20+,21+/m1/s1. The molecule has 2 nitrogen and oxygen atoms in total. The van der Waals surface area contributed by atoms with Crippen LogP contribution in [-0.2, 0) is 6.42 Å². The average molecular weight is 314 g/mol. The van der Waals surface area contributed by atoms with Gasteiger partial charge in [0.1, 0.15) is 5.75 Å². The molecule has 1 N–H and O–H groups in total. The summed E-state index contributed by atoms with van der Waals surface area (Å²) in [6, 6.07) is 4.47. The third kappa shape index (κ3) is 2.03. The van der Waals surface area contributed by atoms with Crippen LogP contribution >= 0.6 is 0 Å². The van der Waals surface area contributed by atoms with Crippen LogP contribution in [0.2, 0.25) is 0 Å². The zero-order valence-electron chi connectivity index (χ0n) is 15.0. The summed E-state index contributed by atoms with van der Waals surface area (Å²) >= 11 is 0. The highest BCUT2D eigenvalue weighted by atomic mass is 16.5. The minimum atomic E-state index is -0.474. The third-order valence-electron chi connectivity index (χ3n) is 7.80. The van der Waals surface area contributed by atoms with Gasteiger partial charge in [-0.1, -0.05) is 6.92 Å². The fraction of sp³-hybridized carbons (Fsp3) is 0.714. The molecule has 126 valence electrons. The minimum Gasteiger partial charge on any atom is -0.497 e. The van der Waals surface area contributed by atoms with Gasteiger partial charge in [-0.05, 0) is 104 Å². The Balaban J connectivity index is 1.73. The van der Waals surface area contributed by atoms with Crippen LogP contribution < -0.4 is 4.74 Å². The molecule has 23 heavy (non-hydrogen) atoms. The van der Waals surface area contributed by atoms with E-state index in [1.165, 1.54) is 36.8 Å². The molecule has 0 saturated heterocycles. The summed E-state index contributed by atoms with van der Waals surface area (Å²) in [6.45, 7) is 6.69. The molecule has 2 heteroatoms. The van der Waals surface area contributed by atoms with Crippen molar-refractivity contribution in [3.8, 4) is 5.75 Å². The molecule has 0 bridgehead atoms. The second kappa shape index (κ2) is 4.99. The number of benzene rings is 1. The zero-order chi connectivity index (χ0) is 16.4. The van der Waals surface area contributed by atoms with Gasteiger partial charge in [0.15, 0.2) is 0 Å². The first-order chi connectivity index (χ1) is 10.9. The third-order valence-corrected chi connectivity index (χ3v) is 7.80. The first-order valence-electron chi connectivity index (χ1n) is 9.27. The van der Waals surface area contributed by atoms with E-state index in [1.807, 2.05) is 0 Å². The summed E-state index contributed by atoms with van der Waals surface area (Å²) in [4.78, 5) is 0. The molecular formula is C21H30O2. The summed E-state index contributed by atoms with van der Waals surface area (Å²) in [5, 5.41) is 10.9. The lowest BCUT2D eigenvalue weighted by atomic mass is 9.53. The van der Waals surface area contributed by atoms with E-state index in [9.17, 15) is 5.11 Å². The molecule has 3 aliphatic rings. The highest BCUT2D eigenvalue weighted by molar-refractivity contribution is 5.46. The molecular weight excluding hydrogens is 284 g/mol. The second-order valence-electron chi connectivity index (χ2n) is 8.70. The molecule has 0 unspecified atom stereocenters. The maximum atomic E-state index is 10.9. The van der Waals surface area contributed by atoms with Crippen molar-refractivity contribution in [2.45, 2.75) is 70.8 Å². The van der Waals surface area contributed by atoms with Gasteiger partial charge in [0.05, 0.1) is 12.7 Å². The average Bonchev–Trinajstić information content (AvgIpc) is 2.76. The van der Waals surface area contributed by atoms with Crippen molar-refractivity contribution in [3.63, 3.8) is 0 Å². The summed E-state index contributed by atoms with van der Waals surface area (Å²) in [5.74, 6) is 3.13. The Morgan fingerprint density at radius 1 is 1.13 bits per heavy atom. The Morgan fingerprint density at radius 3 is 2.65 bits per heavy atom. The Hall–Kier alpha value is -1.02. The Morgan fingerprint density at radius 2 is 1.91 bits per heavy atom. The first-order valence-corrected chi connectivity index (χ1v) is 9.27. The normalized spacial score (nSPS) is 41.9. The van der Waals surface area contributed by atoms with E-state index in [0.29, 0.717) is 11.8 Å². The lowest BCUT2D eigenvalue weighted by Crippen LogP contribution is -2.49. The molecule has 3 aliphatic carbocycles. The van der Waals surface area contributed by atoms with Crippen LogP contribution in [0.3, 0.4) is 0 Å². The van der Waals surface area contributed by atoms with E-state index in [2.05, 4.69) is 32.9 Å². The van der Waals surface area contributed by atoms with Crippen LogP contribution in [0.15, 0.2) is 12.1 Å². The lowest BCUT2D eigenvalue weighted by Gasteiger charge is -2.53. The highest BCUT2D eigenvalue weighted by Gasteiger charge is 2.59. The summed E-state index contributed by atoms with van der Waals surface area (Å²) in [6.07, 6.45) is 7.02. The van der Waals surface area contributed by atoms with E-state index in [0.717, 1.165) is 24.5 Å². The van der Waals surface area contributed by atoms with Crippen molar-refractivity contribution < 1.29 is 9.84 Å². The summed E-state index contributed by atoms with van der Waals surface area (Å²) < 4.78 is 5.48. The predicted octanol–water partition coefficient (Wildman–Crippen LogP) is 4.61. The molecule has 0 heterocycles. The number of aryl methyl sites for hydroxylation is 2. The molecule has 0 aromatic heterocycles. The molecule has 1 aromatic carbocycles. The van der Waals surface area contributed by atoms with Gasteiger partial charge in [-0.15, -0.1) is 0 Å². The van der Waals surface area contributed by atoms with Gasteiger partial charge < -0.3 is 9.84 Å². The quantitative estimate of drug-likeness (QED) is 0.820. The van der Waals surface area contributed by atoms with Gasteiger partial charge in [-0.25, -0.2) is 0 Å². The van der Waals surface area contributed by atoms with Crippen LogP contribution in [-0.4, -0.2) is 17.8 Å². The van der Waals surface area contributed by atoms with E-state index < -0.39 is 5.60 Å². The van der Waals surface area contributed by atoms with Crippen molar-refractivity contribution in [2.24, 2.45) is 17.3 Å². The van der Waals surface area contributed by atoms with Gasteiger partial charge in [0, 0.05) is 0 Å². The zero-order valence-corrected chi connectivity index (χ0v) is 15.0. The number of hydrogen-bond acceptors (Lipinski definition) is 2. The molecule has 2 saturated carbocycles. The fourth-order valence-corrected chi connectivity index (χ4v) is 6.30. The Labute approximate surface area is 140 Å². The maximum absolute atomic E-state index is 10.9. The number of ether oxygens (including phenoxy) is 1. The molecule has 0 spiro atoms. The number of rotatable bonds is 1. The highest BCUT2D eigenvalue weighted by Crippen LogP contribution is 2.64. The van der Waals surface area contributed by atoms with Gasteiger partial charge in [0.25, 0.3) is 0 Å². The topological polar surface area (TPSA) is 29.5 Å². The van der Waals surface area contributed by atoms with Crippen molar-refractivity contribution in [1.82, 2.24) is 0 Å². The van der Waals surface area contributed by atoms with Crippen LogP contribution in [0.1, 0.15) is 68.6 Å². The maximum Gasteiger partial charge on any atom is 0.119 e. The van der Waals surface area contributed by atoms with Crippen molar-refractivity contribution in [2.75, 3.05) is 7.11 Å². The first kappa shape index (κ1) is 15.5. The summed E-state index contributed by atoms with van der Waals surface area (Å²) in [7, 11) is 1.76. The van der Waals surface area contributed by atoms with Gasteiger partial charge in [-0.3, -0.25) is 0 Å². The number of methoxy groups -OCH3 is 1. The van der Waals surface area contributed by atoms with E-state index in [1.54, 1.807) is 12.7 Å². The van der Waals surface area contributed by atoms with Gasteiger partial charge in [0.2, 0.25) is 0 Å². The molecule has 0 radical (unpaired) electrons. The van der Waals surface area contributed by atoms with Crippen molar-refractivity contribution >= 4 is 0 Å². The largest absolute Gasteiger partial charge is 0.497 e. The summed E-state index contributed by atoms with van der Waals surface area (Å²) in [5.41, 5.74) is 4.17.